The maximum Gasteiger partial charge on any atom is 0.127 e. The van der Waals surface area contributed by atoms with Crippen molar-refractivity contribution in [2.75, 3.05) is 0 Å². The summed E-state index contributed by atoms with van der Waals surface area (Å²) in [7, 11) is 2.01. The normalized spacial score (nSPS) is 13.0. The number of imidazole rings is 2. The van der Waals surface area contributed by atoms with E-state index in [4.69, 9.17) is 11.6 Å². The van der Waals surface area contributed by atoms with Gasteiger partial charge >= 0.3 is 0 Å². The number of aryl methyl sites for hydroxylation is 3. The molecule has 1 unspecified atom stereocenters. The second-order valence-corrected chi connectivity index (χ2v) is 6.65. The van der Waals surface area contributed by atoms with E-state index < -0.39 is 0 Å². The second-order valence-electron chi connectivity index (χ2n) is 5.08. The minimum Gasteiger partial charge on any atom is -0.338 e. The number of halogens is 2. The molecule has 6 heteroatoms. The van der Waals surface area contributed by atoms with Gasteiger partial charge in [-0.15, -0.1) is 11.6 Å². The molecule has 1 aromatic carbocycles. The SMILES string of the molecule is CC(Cl)c1nc2cc(Br)ccc2n1CCc1nccn1C. The van der Waals surface area contributed by atoms with Gasteiger partial charge in [0.25, 0.3) is 0 Å². The van der Waals surface area contributed by atoms with Gasteiger partial charge in [-0.1, -0.05) is 15.9 Å². The van der Waals surface area contributed by atoms with Gasteiger partial charge in [-0.25, -0.2) is 9.97 Å². The van der Waals surface area contributed by atoms with Crippen LogP contribution >= 0.6 is 27.5 Å². The van der Waals surface area contributed by atoms with Crippen LogP contribution in [-0.2, 0) is 20.0 Å². The fourth-order valence-corrected chi connectivity index (χ4v) is 3.03. The van der Waals surface area contributed by atoms with Crippen molar-refractivity contribution in [3.63, 3.8) is 0 Å². The molecule has 3 aromatic rings. The Balaban J connectivity index is 1.99. The van der Waals surface area contributed by atoms with Crippen molar-refractivity contribution < 1.29 is 0 Å². The first-order valence-electron chi connectivity index (χ1n) is 6.82. The largest absolute Gasteiger partial charge is 0.338 e. The zero-order valence-corrected chi connectivity index (χ0v) is 14.3. The third-order valence-electron chi connectivity index (χ3n) is 3.58. The summed E-state index contributed by atoms with van der Waals surface area (Å²) in [5, 5.41) is -0.127. The van der Waals surface area contributed by atoms with Gasteiger partial charge < -0.3 is 9.13 Å². The van der Waals surface area contributed by atoms with Crippen molar-refractivity contribution in [1.82, 2.24) is 19.1 Å². The van der Waals surface area contributed by atoms with Gasteiger partial charge in [-0.05, 0) is 25.1 Å². The van der Waals surface area contributed by atoms with Crippen LogP contribution in [0.25, 0.3) is 11.0 Å². The Kier molecular flexibility index (Phi) is 4.04. The molecular weight excluding hydrogens is 352 g/mol. The first-order chi connectivity index (χ1) is 10.1. The minimum atomic E-state index is -0.127. The van der Waals surface area contributed by atoms with Crippen LogP contribution in [0.4, 0.5) is 0 Å². The number of benzene rings is 1. The summed E-state index contributed by atoms with van der Waals surface area (Å²) in [5.74, 6) is 1.96. The molecule has 0 amide bonds. The van der Waals surface area contributed by atoms with Crippen LogP contribution in [-0.4, -0.2) is 19.1 Å². The molecule has 2 aromatic heterocycles. The molecule has 0 aliphatic carbocycles. The zero-order chi connectivity index (χ0) is 15.0. The molecule has 0 saturated heterocycles. The number of rotatable bonds is 4. The highest BCUT2D eigenvalue weighted by Gasteiger charge is 2.15. The summed E-state index contributed by atoms with van der Waals surface area (Å²) >= 11 is 9.78. The van der Waals surface area contributed by atoms with E-state index >= 15 is 0 Å². The van der Waals surface area contributed by atoms with Gasteiger partial charge in [0.15, 0.2) is 0 Å². The molecule has 0 radical (unpaired) electrons. The molecule has 0 spiro atoms. The molecule has 0 fully saturated rings. The van der Waals surface area contributed by atoms with Gasteiger partial charge in [0.2, 0.25) is 0 Å². The van der Waals surface area contributed by atoms with Crippen molar-refractivity contribution in [3.05, 3.63) is 46.7 Å². The third kappa shape index (κ3) is 2.85. The minimum absolute atomic E-state index is 0.127. The third-order valence-corrected chi connectivity index (χ3v) is 4.26. The van der Waals surface area contributed by atoms with E-state index in [2.05, 4.69) is 36.5 Å². The Morgan fingerprint density at radius 3 is 2.86 bits per heavy atom. The molecule has 2 heterocycles. The molecular formula is C15H16BrClN4. The van der Waals surface area contributed by atoms with Gasteiger partial charge in [-0.3, -0.25) is 0 Å². The first kappa shape index (κ1) is 14.6. The van der Waals surface area contributed by atoms with Gasteiger partial charge in [0.05, 0.1) is 16.4 Å². The maximum absolute atomic E-state index is 6.30. The molecule has 4 nitrogen and oxygen atoms in total. The highest BCUT2D eigenvalue weighted by molar-refractivity contribution is 9.10. The monoisotopic (exact) mass is 366 g/mol. The smallest absolute Gasteiger partial charge is 0.127 e. The lowest BCUT2D eigenvalue weighted by Gasteiger charge is -2.10. The average molecular weight is 368 g/mol. The fraction of sp³-hybridized carbons (Fsp3) is 0.333. The highest BCUT2D eigenvalue weighted by Crippen LogP contribution is 2.26. The van der Waals surface area contributed by atoms with Crippen LogP contribution in [0.3, 0.4) is 0 Å². The summed E-state index contributed by atoms with van der Waals surface area (Å²) < 4.78 is 5.26. The van der Waals surface area contributed by atoms with Crippen molar-refractivity contribution in [1.29, 1.82) is 0 Å². The number of aromatic nitrogens is 4. The molecule has 0 aliphatic rings. The molecule has 0 aliphatic heterocycles. The van der Waals surface area contributed by atoms with Crippen molar-refractivity contribution in [2.45, 2.75) is 25.3 Å². The quantitative estimate of drug-likeness (QED) is 0.652. The molecule has 110 valence electrons. The predicted octanol–water partition coefficient (Wildman–Crippen LogP) is 4.07. The van der Waals surface area contributed by atoms with E-state index in [1.165, 1.54) is 0 Å². The summed E-state index contributed by atoms with van der Waals surface area (Å²) in [6.45, 7) is 2.77. The van der Waals surface area contributed by atoms with E-state index in [1.807, 2.05) is 43.1 Å². The molecule has 0 N–H and O–H groups in total. The van der Waals surface area contributed by atoms with Crippen LogP contribution in [0.5, 0.6) is 0 Å². The van der Waals surface area contributed by atoms with Crippen LogP contribution in [0.2, 0.25) is 0 Å². The summed E-state index contributed by atoms with van der Waals surface area (Å²) in [5.41, 5.74) is 2.07. The number of alkyl halides is 1. The molecule has 1 atom stereocenters. The van der Waals surface area contributed by atoms with E-state index in [0.29, 0.717) is 0 Å². The van der Waals surface area contributed by atoms with Crippen LogP contribution < -0.4 is 0 Å². The predicted molar refractivity (Wildman–Crippen MR) is 88.6 cm³/mol. The van der Waals surface area contributed by atoms with Crippen LogP contribution in [0, 0.1) is 0 Å². The average Bonchev–Trinajstić information content (AvgIpc) is 2.99. The van der Waals surface area contributed by atoms with E-state index in [1.54, 1.807) is 0 Å². The first-order valence-corrected chi connectivity index (χ1v) is 8.05. The summed E-state index contributed by atoms with van der Waals surface area (Å²) in [4.78, 5) is 9.04. The van der Waals surface area contributed by atoms with Gasteiger partial charge in [0, 0.05) is 36.9 Å². The number of hydrogen-bond acceptors (Lipinski definition) is 2. The fourth-order valence-electron chi connectivity index (χ4n) is 2.51. The Morgan fingerprint density at radius 2 is 2.19 bits per heavy atom. The molecule has 0 bridgehead atoms. The van der Waals surface area contributed by atoms with E-state index in [0.717, 1.165) is 40.1 Å². The van der Waals surface area contributed by atoms with Crippen molar-refractivity contribution in [3.8, 4) is 0 Å². The Hall–Kier alpha value is -1.33. The lowest BCUT2D eigenvalue weighted by molar-refractivity contribution is 0.634. The topological polar surface area (TPSA) is 35.6 Å². The number of nitrogens with zero attached hydrogens (tertiary/aromatic N) is 4. The zero-order valence-electron chi connectivity index (χ0n) is 11.9. The van der Waals surface area contributed by atoms with E-state index in [9.17, 15) is 0 Å². The summed E-state index contributed by atoms with van der Waals surface area (Å²) in [6.07, 6.45) is 4.63. The highest BCUT2D eigenvalue weighted by atomic mass is 79.9. The Morgan fingerprint density at radius 1 is 1.38 bits per heavy atom. The molecule has 21 heavy (non-hydrogen) atoms. The van der Waals surface area contributed by atoms with Crippen molar-refractivity contribution >= 4 is 38.6 Å². The number of hydrogen-bond donors (Lipinski definition) is 0. The lowest BCUT2D eigenvalue weighted by atomic mass is 10.3. The second kappa shape index (κ2) is 5.81. The maximum atomic E-state index is 6.30. The van der Waals surface area contributed by atoms with Crippen molar-refractivity contribution in [2.24, 2.45) is 7.05 Å². The van der Waals surface area contributed by atoms with Crippen LogP contribution in [0.1, 0.15) is 23.9 Å². The number of fused-ring (bicyclic) bond motifs is 1. The Bertz CT molecular complexity index is 775. The molecule has 3 rings (SSSR count). The van der Waals surface area contributed by atoms with Gasteiger partial charge in [-0.2, -0.15) is 0 Å². The Labute approximate surface area is 136 Å². The molecule has 0 saturated carbocycles. The summed E-state index contributed by atoms with van der Waals surface area (Å²) in [6, 6.07) is 6.13. The van der Waals surface area contributed by atoms with Gasteiger partial charge in [0.1, 0.15) is 11.6 Å². The lowest BCUT2D eigenvalue weighted by Crippen LogP contribution is -2.09. The van der Waals surface area contributed by atoms with E-state index in [-0.39, 0.29) is 5.38 Å². The van der Waals surface area contributed by atoms with Crippen LogP contribution in [0.15, 0.2) is 35.1 Å². The standard InChI is InChI=1S/C15H16BrClN4/c1-10(17)15-19-12-9-11(16)3-4-13(12)21(15)7-5-14-18-6-8-20(14)2/h3-4,6,8-10H,5,7H2,1-2H3.